The van der Waals surface area contributed by atoms with Crippen molar-refractivity contribution in [2.75, 3.05) is 0 Å². The van der Waals surface area contributed by atoms with Crippen molar-refractivity contribution in [3.63, 3.8) is 0 Å². The summed E-state index contributed by atoms with van der Waals surface area (Å²) in [4.78, 5) is 21.5. The van der Waals surface area contributed by atoms with Crippen LogP contribution in [0.25, 0.3) is 33.1 Å². The minimum Gasteiger partial charge on any atom is -0.507 e. The monoisotopic (exact) mass is 595 g/mol. The molecule has 0 aliphatic carbocycles. The molecule has 0 aromatic heterocycles. The molecule has 39 heavy (non-hydrogen) atoms. The maximum atomic E-state index is 12.1. The number of hydrogen-bond acceptors (Lipinski definition) is 4. The summed E-state index contributed by atoms with van der Waals surface area (Å²) < 4.78 is 72.4. The van der Waals surface area contributed by atoms with Crippen molar-refractivity contribution in [3.8, 4) is 0 Å². The molecule has 4 nitrogen and oxygen atoms in total. The Morgan fingerprint density at radius 3 is 1.15 bits per heavy atom. The zero-order chi connectivity index (χ0) is 28.1. The number of allylic oxidation sites excluding steroid dienone is 2. The summed E-state index contributed by atoms with van der Waals surface area (Å²) in [5.74, 6) is -5.57. The molecule has 0 fully saturated rings. The van der Waals surface area contributed by atoms with E-state index in [1.54, 1.807) is 36.4 Å². The van der Waals surface area contributed by atoms with Crippen molar-refractivity contribution in [2.24, 2.45) is 0 Å². The van der Waals surface area contributed by atoms with Crippen LogP contribution in [0.2, 0.25) is 0 Å². The molecule has 0 spiro atoms. The molecule has 207 valence electrons. The van der Waals surface area contributed by atoms with Crippen molar-refractivity contribution in [1.82, 2.24) is 0 Å². The van der Waals surface area contributed by atoms with Crippen molar-refractivity contribution in [1.29, 1.82) is 0 Å². The van der Waals surface area contributed by atoms with Crippen molar-refractivity contribution in [2.45, 2.75) is 12.4 Å². The molecule has 4 aromatic rings. The number of halogens is 6. The van der Waals surface area contributed by atoms with Crippen LogP contribution >= 0.6 is 0 Å². The van der Waals surface area contributed by atoms with Crippen molar-refractivity contribution >= 4 is 44.6 Å². The molecular formula is C28H18CuF6O4. The first-order valence-electron chi connectivity index (χ1n) is 10.8. The van der Waals surface area contributed by atoms with E-state index in [0.717, 1.165) is 21.5 Å². The Morgan fingerprint density at radius 1 is 0.538 bits per heavy atom. The molecule has 4 aromatic carbocycles. The maximum Gasteiger partial charge on any atom is 0.454 e. The van der Waals surface area contributed by atoms with Crippen LogP contribution in [-0.2, 0) is 26.7 Å². The number of ketones is 2. The van der Waals surface area contributed by atoms with Gasteiger partial charge in [0.2, 0.25) is 0 Å². The van der Waals surface area contributed by atoms with Gasteiger partial charge >= 0.3 is 12.4 Å². The van der Waals surface area contributed by atoms with E-state index in [0.29, 0.717) is 0 Å². The van der Waals surface area contributed by atoms with Crippen LogP contribution in [0.3, 0.4) is 0 Å². The van der Waals surface area contributed by atoms with Crippen molar-refractivity contribution < 1.29 is 63.2 Å². The SMILES string of the molecule is O=C(/C=C(\O)c1ccc2ccccc2c1)C(F)(F)F.O=C(/C=C(\O)c1ccc2ccccc2c1)C(F)(F)F.[Cu]. The number of rotatable bonds is 4. The Hall–Kier alpha value is -4.08. The smallest absolute Gasteiger partial charge is 0.454 e. The van der Waals surface area contributed by atoms with Crippen LogP contribution in [0.5, 0.6) is 0 Å². The Labute approximate surface area is 228 Å². The summed E-state index contributed by atoms with van der Waals surface area (Å²) in [5.41, 5.74) is 0.326. The summed E-state index contributed by atoms with van der Waals surface area (Å²) in [6.07, 6.45) is -9.59. The van der Waals surface area contributed by atoms with E-state index in [2.05, 4.69) is 0 Å². The van der Waals surface area contributed by atoms with E-state index in [9.17, 15) is 46.1 Å². The van der Waals surface area contributed by atoms with Gasteiger partial charge in [0.15, 0.2) is 0 Å². The van der Waals surface area contributed by atoms with E-state index < -0.39 is 35.4 Å². The van der Waals surface area contributed by atoms with Gasteiger partial charge in [0.1, 0.15) is 11.5 Å². The summed E-state index contributed by atoms with van der Waals surface area (Å²) in [7, 11) is 0. The zero-order valence-electron chi connectivity index (χ0n) is 19.5. The number of aliphatic hydroxyl groups excluding tert-OH is 2. The fraction of sp³-hybridized carbons (Fsp3) is 0.0714. The van der Waals surface area contributed by atoms with Gasteiger partial charge in [-0.05, 0) is 33.7 Å². The van der Waals surface area contributed by atoms with Crippen LogP contribution < -0.4 is 0 Å². The first kappa shape index (κ1) is 31.1. The van der Waals surface area contributed by atoms with Crippen LogP contribution in [0.4, 0.5) is 26.3 Å². The Balaban J connectivity index is 0.000000267. The van der Waals surface area contributed by atoms with Crippen molar-refractivity contribution in [3.05, 3.63) is 108 Å². The van der Waals surface area contributed by atoms with E-state index in [1.807, 2.05) is 24.3 Å². The number of carbonyl (C=O) groups excluding carboxylic acids is 2. The van der Waals surface area contributed by atoms with E-state index in [1.165, 1.54) is 24.3 Å². The fourth-order valence-electron chi connectivity index (χ4n) is 3.28. The predicted octanol–water partition coefficient (Wildman–Crippen LogP) is 7.74. The number of benzene rings is 4. The topological polar surface area (TPSA) is 74.6 Å². The van der Waals surface area contributed by atoms with Gasteiger partial charge in [0.25, 0.3) is 11.6 Å². The van der Waals surface area contributed by atoms with Crippen LogP contribution in [-0.4, -0.2) is 34.1 Å². The summed E-state index contributed by atoms with van der Waals surface area (Å²) in [6.45, 7) is 0. The molecule has 11 heteroatoms. The second kappa shape index (κ2) is 12.6. The fourth-order valence-corrected chi connectivity index (χ4v) is 3.28. The minimum atomic E-state index is -4.98. The van der Waals surface area contributed by atoms with Gasteiger partial charge < -0.3 is 10.2 Å². The number of carbonyl (C=O) groups is 2. The maximum absolute atomic E-state index is 12.1. The number of fused-ring (bicyclic) bond motifs is 2. The van der Waals surface area contributed by atoms with E-state index >= 15 is 0 Å². The Bertz CT molecular complexity index is 1440. The van der Waals surface area contributed by atoms with Gasteiger partial charge in [-0.25, -0.2) is 0 Å². The van der Waals surface area contributed by atoms with Crippen LogP contribution in [0.15, 0.2) is 97.1 Å². The molecule has 4 rings (SSSR count). The standard InChI is InChI=1S/2C14H9F3O2.Cu/c2*15-14(16,17)13(19)8-12(18)11-6-5-9-3-1-2-4-10(9)7-11;/h2*1-8,18H;/b2*12-8-;. The second-order valence-electron chi connectivity index (χ2n) is 7.91. The van der Waals surface area contributed by atoms with Gasteiger partial charge in [-0.1, -0.05) is 72.8 Å². The molecule has 0 atom stereocenters. The predicted molar refractivity (Wildman–Crippen MR) is 131 cm³/mol. The molecule has 0 bridgehead atoms. The summed E-state index contributed by atoms with van der Waals surface area (Å²) >= 11 is 0. The first-order valence-corrected chi connectivity index (χ1v) is 10.8. The number of aliphatic hydroxyl groups is 2. The van der Waals surface area contributed by atoms with Gasteiger partial charge in [-0.3, -0.25) is 9.59 Å². The average Bonchev–Trinajstić information content (AvgIpc) is 2.87. The van der Waals surface area contributed by atoms with E-state index in [4.69, 9.17) is 0 Å². The third-order valence-electron chi connectivity index (χ3n) is 5.18. The van der Waals surface area contributed by atoms with Gasteiger partial charge in [-0.15, -0.1) is 0 Å². The van der Waals surface area contributed by atoms with Crippen LogP contribution in [0, 0.1) is 0 Å². The quantitative estimate of drug-likeness (QED) is 0.110. The Morgan fingerprint density at radius 2 is 0.846 bits per heavy atom. The molecule has 0 heterocycles. The molecular weight excluding hydrogens is 578 g/mol. The molecule has 0 aliphatic rings. The third kappa shape index (κ3) is 8.46. The third-order valence-corrected chi connectivity index (χ3v) is 5.18. The number of alkyl halides is 6. The zero-order valence-corrected chi connectivity index (χ0v) is 20.5. The largest absolute Gasteiger partial charge is 0.507 e. The molecule has 1 radical (unpaired) electrons. The Kier molecular flexibility index (Phi) is 10.1. The van der Waals surface area contributed by atoms with Crippen LogP contribution in [0.1, 0.15) is 11.1 Å². The normalized spacial score (nSPS) is 12.4. The molecule has 0 unspecified atom stereocenters. The summed E-state index contributed by atoms with van der Waals surface area (Å²) in [5, 5.41) is 22.4. The average molecular weight is 596 g/mol. The van der Waals surface area contributed by atoms with Gasteiger partial charge in [0, 0.05) is 40.3 Å². The molecule has 0 saturated heterocycles. The van der Waals surface area contributed by atoms with Gasteiger partial charge in [-0.2, -0.15) is 26.3 Å². The molecule has 0 saturated carbocycles. The second-order valence-corrected chi connectivity index (χ2v) is 7.91. The molecule has 2 N–H and O–H groups in total. The van der Waals surface area contributed by atoms with E-state index in [-0.39, 0.29) is 40.3 Å². The first-order chi connectivity index (χ1) is 17.8. The summed E-state index contributed by atoms with van der Waals surface area (Å²) in [6, 6.07) is 23.7. The molecule has 0 amide bonds. The molecule has 0 aliphatic heterocycles. The minimum absolute atomic E-state index is 0. The number of hydrogen-bond donors (Lipinski definition) is 2. The van der Waals surface area contributed by atoms with Gasteiger partial charge in [0.05, 0.1) is 0 Å².